The fourth-order valence-corrected chi connectivity index (χ4v) is 4.70. The first-order valence-electron chi connectivity index (χ1n) is 13.3. The zero-order valence-corrected chi connectivity index (χ0v) is 23.2. The van der Waals surface area contributed by atoms with E-state index in [9.17, 15) is 10.1 Å². The second-order valence-corrected chi connectivity index (χ2v) is 11.1. The molecular formula is C29H32FN9O. The van der Waals surface area contributed by atoms with Crippen molar-refractivity contribution in [3.63, 3.8) is 0 Å². The van der Waals surface area contributed by atoms with Crippen molar-refractivity contribution in [3.05, 3.63) is 76.6 Å². The van der Waals surface area contributed by atoms with Crippen LogP contribution in [0.15, 0.2) is 54.0 Å². The van der Waals surface area contributed by atoms with Crippen LogP contribution in [0.1, 0.15) is 38.8 Å². The summed E-state index contributed by atoms with van der Waals surface area (Å²) in [4.78, 5) is 30.5. The van der Waals surface area contributed by atoms with Gasteiger partial charge in [-0.25, -0.2) is 33.4 Å². The Hall–Kier alpha value is -4.59. The third kappa shape index (κ3) is 5.57. The van der Waals surface area contributed by atoms with Gasteiger partial charge in [0.05, 0.1) is 17.8 Å². The Morgan fingerprint density at radius 1 is 0.975 bits per heavy atom. The van der Waals surface area contributed by atoms with Gasteiger partial charge in [-0.2, -0.15) is 10.4 Å². The van der Waals surface area contributed by atoms with Crippen LogP contribution in [0, 0.1) is 22.6 Å². The minimum atomic E-state index is -0.567. The van der Waals surface area contributed by atoms with Gasteiger partial charge in [0.25, 0.3) is 0 Å². The molecule has 5 rings (SSSR count). The molecule has 0 unspecified atom stereocenters. The van der Waals surface area contributed by atoms with Crippen molar-refractivity contribution in [3.8, 4) is 22.9 Å². The van der Waals surface area contributed by atoms with Crippen LogP contribution in [0.2, 0.25) is 0 Å². The molecule has 40 heavy (non-hydrogen) atoms. The number of anilines is 2. The van der Waals surface area contributed by atoms with Crippen LogP contribution in [-0.4, -0.2) is 55.5 Å². The van der Waals surface area contributed by atoms with Gasteiger partial charge in [0.15, 0.2) is 0 Å². The average Bonchev–Trinajstić information content (AvgIpc) is 3.30. The van der Waals surface area contributed by atoms with E-state index in [1.165, 1.54) is 21.6 Å². The predicted octanol–water partition coefficient (Wildman–Crippen LogP) is 3.83. The van der Waals surface area contributed by atoms with E-state index in [2.05, 4.69) is 42.8 Å². The molecule has 4 aromatic rings. The number of piperazine rings is 1. The quantitative estimate of drug-likeness (QED) is 0.362. The van der Waals surface area contributed by atoms with Crippen LogP contribution in [0.4, 0.5) is 16.2 Å². The molecule has 0 saturated carbocycles. The number of halogens is 1. The molecule has 10 nitrogen and oxygen atoms in total. The third-order valence-corrected chi connectivity index (χ3v) is 6.85. The fourth-order valence-electron chi connectivity index (χ4n) is 4.70. The molecule has 1 saturated heterocycles. The Bertz CT molecular complexity index is 1600. The number of rotatable bonds is 6. The van der Waals surface area contributed by atoms with E-state index < -0.39 is 11.5 Å². The van der Waals surface area contributed by atoms with Crippen molar-refractivity contribution in [1.29, 1.82) is 5.26 Å². The molecule has 0 N–H and O–H groups in total. The first-order valence-corrected chi connectivity index (χ1v) is 13.3. The van der Waals surface area contributed by atoms with Gasteiger partial charge in [0.1, 0.15) is 24.0 Å². The van der Waals surface area contributed by atoms with E-state index in [1.807, 2.05) is 33.2 Å². The van der Waals surface area contributed by atoms with Crippen LogP contribution in [-0.2, 0) is 13.0 Å². The number of hydrogen-bond donors (Lipinski definition) is 0. The molecule has 0 bridgehead atoms. The van der Waals surface area contributed by atoms with Gasteiger partial charge in [-0.1, -0.05) is 33.8 Å². The van der Waals surface area contributed by atoms with E-state index in [-0.39, 0.29) is 11.1 Å². The first-order chi connectivity index (χ1) is 19.2. The maximum Gasteiger partial charge on any atom is 0.350 e. The number of hydrogen-bond acceptors (Lipinski definition) is 8. The lowest BCUT2D eigenvalue weighted by atomic mass is 9.97. The first kappa shape index (κ1) is 27.0. The van der Waals surface area contributed by atoms with E-state index in [1.54, 1.807) is 24.4 Å². The van der Waals surface area contributed by atoms with Gasteiger partial charge in [-0.3, -0.25) is 0 Å². The third-order valence-electron chi connectivity index (χ3n) is 6.85. The Morgan fingerprint density at radius 2 is 1.68 bits per heavy atom. The summed E-state index contributed by atoms with van der Waals surface area (Å²) in [6.45, 7) is 11.2. The molecule has 1 aromatic carbocycles. The minimum Gasteiger partial charge on any atom is -0.352 e. The van der Waals surface area contributed by atoms with E-state index in [0.29, 0.717) is 61.2 Å². The summed E-state index contributed by atoms with van der Waals surface area (Å²) in [6, 6.07) is 8.58. The van der Waals surface area contributed by atoms with Gasteiger partial charge in [-0.05, 0) is 41.2 Å². The van der Waals surface area contributed by atoms with Crippen molar-refractivity contribution < 1.29 is 4.39 Å². The van der Waals surface area contributed by atoms with Crippen molar-refractivity contribution in [1.82, 2.24) is 29.3 Å². The van der Waals surface area contributed by atoms with Crippen LogP contribution in [0.5, 0.6) is 0 Å². The molecule has 3 aromatic heterocycles. The SMILES string of the molecule is CCc1cnc(N2CCN(c3ncc(-c4ccc(-n5cnn(CC(C)(C)C)c5=O)c(F)c4)cc3C#N)CC2)nc1. The minimum absolute atomic E-state index is 0.116. The van der Waals surface area contributed by atoms with Crippen molar-refractivity contribution in [2.45, 2.75) is 40.7 Å². The largest absolute Gasteiger partial charge is 0.352 e. The summed E-state index contributed by atoms with van der Waals surface area (Å²) < 4.78 is 17.8. The number of nitrogens with zero attached hydrogens (tertiary/aromatic N) is 9. The summed E-state index contributed by atoms with van der Waals surface area (Å²) in [5, 5.41) is 14.0. The number of nitriles is 1. The van der Waals surface area contributed by atoms with E-state index in [4.69, 9.17) is 0 Å². The second kappa shape index (κ2) is 10.9. The smallest absolute Gasteiger partial charge is 0.350 e. The lowest BCUT2D eigenvalue weighted by molar-refractivity contribution is 0.319. The molecule has 0 spiro atoms. The summed E-state index contributed by atoms with van der Waals surface area (Å²) in [6.07, 6.45) is 7.60. The normalized spacial score (nSPS) is 13.9. The van der Waals surface area contributed by atoms with Crippen molar-refractivity contribution in [2.75, 3.05) is 36.0 Å². The Labute approximate surface area is 232 Å². The highest BCUT2D eigenvalue weighted by Crippen LogP contribution is 2.28. The highest BCUT2D eigenvalue weighted by molar-refractivity contribution is 5.69. The molecule has 0 aliphatic carbocycles. The second-order valence-electron chi connectivity index (χ2n) is 11.1. The average molecular weight is 542 g/mol. The molecular weight excluding hydrogens is 509 g/mol. The molecule has 1 aliphatic rings. The van der Waals surface area contributed by atoms with Gasteiger partial charge < -0.3 is 9.80 Å². The summed E-state index contributed by atoms with van der Waals surface area (Å²) in [5.41, 5.74) is 2.26. The van der Waals surface area contributed by atoms with Crippen LogP contribution in [0.3, 0.4) is 0 Å². The van der Waals surface area contributed by atoms with Crippen LogP contribution >= 0.6 is 0 Å². The molecule has 206 valence electrons. The summed E-state index contributed by atoms with van der Waals surface area (Å²) in [5.74, 6) is 0.737. The summed E-state index contributed by atoms with van der Waals surface area (Å²) in [7, 11) is 0. The standard InChI is InChI=1S/C29H32FN9O/c1-5-20-15-33-27(34-16-20)37-10-8-36(9-11-37)26-22(14-31)12-23(17-32-26)21-6-7-25(24(30)13-21)38-19-35-39(28(38)40)18-29(2,3)4/h6-7,12-13,15-17,19H,5,8-11,18H2,1-4H3. The zero-order chi connectivity index (χ0) is 28.4. The van der Waals surface area contributed by atoms with Crippen LogP contribution in [0.25, 0.3) is 16.8 Å². The molecule has 4 heterocycles. The fraction of sp³-hybridized carbons (Fsp3) is 0.379. The monoisotopic (exact) mass is 541 g/mol. The Morgan fingerprint density at radius 3 is 2.30 bits per heavy atom. The van der Waals surface area contributed by atoms with Gasteiger partial charge >= 0.3 is 5.69 Å². The molecule has 0 amide bonds. The number of aryl methyl sites for hydroxylation is 1. The predicted molar refractivity (Wildman–Crippen MR) is 151 cm³/mol. The van der Waals surface area contributed by atoms with Crippen molar-refractivity contribution >= 4 is 11.8 Å². The highest BCUT2D eigenvalue weighted by Gasteiger charge is 2.23. The van der Waals surface area contributed by atoms with Crippen molar-refractivity contribution in [2.24, 2.45) is 5.41 Å². The zero-order valence-electron chi connectivity index (χ0n) is 23.2. The molecule has 1 fully saturated rings. The van der Waals surface area contributed by atoms with Gasteiger partial charge in [-0.15, -0.1) is 0 Å². The van der Waals surface area contributed by atoms with E-state index >= 15 is 4.39 Å². The molecule has 11 heteroatoms. The number of pyridine rings is 1. The molecule has 1 aliphatic heterocycles. The maximum absolute atomic E-state index is 15.2. The van der Waals surface area contributed by atoms with Gasteiger partial charge in [0, 0.05) is 50.3 Å². The number of aromatic nitrogens is 6. The van der Waals surface area contributed by atoms with Crippen LogP contribution < -0.4 is 15.5 Å². The Balaban J connectivity index is 1.33. The lowest BCUT2D eigenvalue weighted by Gasteiger charge is -2.35. The number of benzene rings is 1. The molecule has 0 radical (unpaired) electrons. The topological polar surface area (TPSA) is 109 Å². The van der Waals surface area contributed by atoms with E-state index in [0.717, 1.165) is 12.0 Å². The summed E-state index contributed by atoms with van der Waals surface area (Å²) >= 11 is 0. The lowest BCUT2D eigenvalue weighted by Crippen LogP contribution is -2.47. The Kier molecular flexibility index (Phi) is 7.34. The highest BCUT2D eigenvalue weighted by atomic mass is 19.1. The maximum atomic E-state index is 15.2. The van der Waals surface area contributed by atoms with Gasteiger partial charge in [0.2, 0.25) is 5.95 Å². The molecule has 0 atom stereocenters.